The Morgan fingerprint density at radius 1 is 0.931 bits per heavy atom. The Balaban J connectivity index is 1.59. The lowest BCUT2D eigenvalue weighted by molar-refractivity contribution is 0.197. The van der Waals surface area contributed by atoms with E-state index in [9.17, 15) is 4.39 Å². The van der Waals surface area contributed by atoms with Gasteiger partial charge in [0.1, 0.15) is 0 Å². The fraction of sp³-hybridized carbons (Fsp3) is 0.556. The molecule has 0 bridgehead atoms. The van der Waals surface area contributed by atoms with Crippen molar-refractivity contribution in [2.45, 2.75) is 90.6 Å². The Labute approximate surface area is 176 Å². The van der Waals surface area contributed by atoms with Crippen molar-refractivity contribution in [1.29, 1.82) is 0 Å². The summed E-state index contributed by atoms with van der Waals surface area (Å²) >= 11 is 0. The SMILES string of the molecule is CCCCCCC(C)Oc1ccc(-c2ccc(C3CCC(C)CC3)cc2)cc1F. The molecule has 29 heavy (non-hydrogen) atoms. The van der Waals surface area contributed by atoms with Gasteiger partial charge in [0, 0.05) is 0 Å². The summed E-state index contributed by atoms with van der Waals surface area (Å²) in [5.41, 5.74) is 3.41. The van der Waals surface area contributed by atoms with Crippen LogP contribution in [-0.2, 0) is 0 Å². The van der Waals surface area contributed by atoms with Crippen molar-refractivity contribution in [3.05, 3.63) is 53.8 Å². The summed E-state index contributed by atoms with van der Waals surface area (Å²) in [7, 11) is 0. The third-order valence-corrected chi connectivity index (χ3v) is 6.46. The molecule has 0 heterocycles. The molecule has 0 aromatic heterocycles. The minimum Gasteiger partial charge on any atom is -0.488 e. The molecule has 1 atom stereocenters. The van der Waals surface area contributed by atoms with Crippen LogP contribution in [0.4, 0.5) is 4.39 Å². The molecule has 3 rings (SSSR count). The van der Waals surface area contributed by atoms with Crippen molar-refractivity contribution in [3.63, 3.8) is 0 Å². The molecule has 0 radical (unpaired) electrons. The largest absolute Gasteiger partial charge is 0.488 e. The van der Waals surface area contributed by atoms with E-state index in [1.807, 2.05) is 13.0 Å². The zero-order valence-corrected chi connectivity index (χ0v) is 18.4. The van der Waals surface area contributed by atoms with Gasteiger partial charge < -0.3 is 4.74 Å². The average molecular weight is 397 g/mol. The summed E-state index contributed by atoms with van der Waals surface area (Å²) < 4.78 is 20.5. The molecule has 0 spiro atoms. The van der Waals surface area contributed by atoms with Crippen molar-refractivity contribution in [2.24, 2.45) is 5.92 Å². The van der Waals surface area contributed by atoms with E-state index in [0.717, 1.165) is 29.9 Å². The van der Waals surface area contributed by atoms with Crippen LogP contribution in [0, 0.1) is 11.7 Å². The monoisotopic (exact) mass is 396 g/mol. The lowest BCUT2D eigenvalue weighted by Crippen LogP contribution is -2.12. The maximum atomic E-state index is 14.6. The molecule has 158 valence electrons. The molecular formula is C27H37FO. The number of hydrogen-bond acceptors (Lipinski definition) is 1. The molecule has 0 aliphatic heterocycles. The molecule has 0 N–H and O–H groups in total. The molecule has 0 saturated heterocycles. The van der Waals surface area contributed by atoms with Crippen molar-refractivity contribution in [1.82, 2.24) is 0 Å². The van der Waals surface area contributed by atoms with Gasteiger partial charge in [-0.25, -0.2) is 4.39 Å². The summed E-state index contributed by atoms with van der Waals surface area (Å²) in [5, 5.41) is 0. The van der Waals surface area contributed by atoms with E-state index >= 15 is 0 Å². The van der Waals surface area contributed by atoms with E-state index in [1.165, 1.54) is 50.5 Å². The molecule has 1 fully saturated rings. The van der Waals surface area contributed by atoms with Crippen molar-refractivity contribution in [2.75, 3.05) is 0 Å². The Morgan fingerprint density at radius 2 is 1.62 bits per heavy atom. The smallest absolute Gasteiger partial charge is 0.165 e. The zero-order valence-electron chi connectivity index (χ0n) is 18.4. The second-order valence-corrected chi connectivity index (χ2v) is 9.00. The minimum atomic E-state index is -0.270. The fourth-order valence-corrected chi connectivity index (χ4v) is 4.45. The highest BCUT2D eigenvalue weighted by Crippen LogP contribution is 2.36. The highest BCUT2D eigenvalue weighted by Gasteiger charge is 2.19. The number of rotatable bonds is 9. The zero-order chi connectivity index (χ0) is 20.6. The van der Waals surface area contributed by atoms with Gasteiger partial charge in [0.2, 0.25) is 0 Å². The standard InChI is InChI=1S/C27H37FO/c1-4-5-6-7-8-21(3)29-27-18-17-25(19-26(27)28)24-15-13-23(14-16-24)22-11-9-20(2)10-12-22/h13-22H,4-12H2,1-3H3. The van der Waals surface area contributed by atoms with E-state index in [0.29, 0.717) is 11.7 Å². The van der Waals surface area contributed by atoms with Crippen LogP contribution < -0.4 is 4.74 Å². The highest BCUT2D eigenvalue weighted by atomic mass is 19.1. The predicted octanol–water partition coefficient (Wildman–Crippen LogP) is 8.52. The minimum absolute atomic E-state index is 0.0460. The van der Waals surface area contributed by atoms with E-state index in [4.69, 9.17) is 4.74 Å². The van der Waals surface area contributed by atoms with E-state index in [-0.39, 0.29) is 11.9 Å². The Hall–Kier alpha value is -1.83. The summed E-state index contributed by atoms with van der Waals surface area (Å²) in [4.78, 5) is 0. The van der Waals surface area contributed by atoms with Crippen LogP contribution in [0.15, 0.2) is 42.5 Å². The summed E-state index contributed by atoms with van der Waals surface area (Å²) in [6, 6.07) is 14.1. The first kappa shape index (κ1) is 21.9. The van der Waals surface area contributed by atoms with Gasteiger partial charge in [0.25, 0.3) is 0 Å². The van der Waals surface area contributed by atoms with Gasteiger partial charge in [-0.15, -0.1) is 0 Å². The summed E-state index contributed by atoms with van der Waals surface area (Å²) in [5.74, 6) is 1.65. The molecule has 1 aliphatic rings. The molecule has 1 nitrogen and oxygen atoms in total. The van der Waals surface area contributed by atoms with Gasteiger partial charge in [-0.1, -0.05) is 76.3 Å². The lowest BCUT2D eigenvalue weighted by atomic mass is 9.79. The Kier molecular flexibility index (Phi) is 8.15. The highest BCUT2D eigenvalue weighted by molar-refractivity contribution is 5.64. The van der Waals surface area contributed by atoms with Crippen molar-refractivity contribution < 1.29 is 9.13 Å². The van der Waals surface area contributed by atoms with Crippen LogP contribution in [0.5, 0.6) is 5.75 Å². The first-order chi connectivity index (χ1) is 14.1. The van der Waals surface area contributed by atoms with Gasteiger partial charge in [-0.3, -0.25) is 0 Å². The van der Waals surface area contributed by atoms with Crippen molar-refractivity contribution >= 4 is 0 Å². The Morgan fingerprint density at radius 3 is 2.28 bits per heavy atom. The number of ether oxygens (including phenoxy) is 1. The van der Waals surface area contributed by atoms with Crippen LogP contribution in [-0.4, -0.2) is 6.10 Å². The second kappa shape index (κ2) is 10.8. The van der Waals surface area contributed by atoms with Crippen molar-refractivity contribution in [3.8, 4) is 16.9 Å². The average Bonchev–Trinajstić information content (AvgIpc) is 2.73. The molecule has 1 saturated carbocycles. The van der Waals surface area contributed by atoms with Crippen LogP contribution in [0.2, 0.25) is 0 Å². The van der Waals surface area contributed by atoms with Gasteiger partial charge in [-0.05, 0) is 73.3 Å². The fourth-order valence-electron chi connectivity index (χ4n) is 4.45. The van der Waals surface area contributed by atoms with Gasteiger partial charge >= 0.3 is 0 Å². The molecule has 0 amide bonds. The molecule has 1 aliphatic carbocycles. The Bertz CT molecular complexity index is 744. The van der Waals surface area contributed by atoms with Crippen LogP contribution >= 0.6 is 0 Å². The summed E-state index contributed by atoms with van der Waals surface area (Å²) in [6.07, 6.45) is 11.1. The molecular weight excluding hydrogens is 359 g/mol. The maximum absolute atomic E-state index is 14.6. The number of benzene rings is 2. The van der Waals surface area contributed by atoms with E-state index in [2.05, 4.69) is 38.1 Å². The third kappa shape index (κ3) is 6.32. The first-order valence-corrected chi connectivity index (χ1v) is 11.6. The topological polar surface area (TPSA) is 9.23 Å². The number of halogens is 1. The number of hydrogen-bond donors (Lipinski definition) is 0. The summed E-state index contributed by atoms with van der Waals surface area (Å²) in [6.45, 7) is 6.60. The third-order valence-electron chi connectivity index (χ3n) is 6.46. The molecule has 2 aromatic rings. The lowest BCUT2D eigenvalue weighted by Gasteiger charge is -2.26. The van der Waals surface area contributed by atoms with Gasteiger partial charge in [-0.2, -0.15) is 0 Å². The number of unbranched alkanes of at least 4 members (excludes halogenated alkanes) is 3. The van der Waals surface area contributed by atoms with Gasteiger partial charge in [0.05, 0.1) is 6.10 Å². The van der Waals surface area contributed by atoms with Crippen LogP contribution in [0.1, 0.15) is 90.0 Å². The van der Waals surface area contributed by atoms with Crippen LogP contribution in [0.25, 0.3) is 11.1 Å². The second-order valence-electron chi connectivity index (χ2n) is 9.00. The molecule has 2 aromatic carbocycles. The predicted molar refractivity (Wildman–Crippen MR) is 121 cm³/mol. The first-order valence-electron chi connectivity index (χ1n) is 11.6. The molecule has 1 unspecified atom stereocenters. The van der Waals surface area contributed by atoms with E-state index in [1.54, 1.807) is 12.1 Å². The van der Waals surface area contributed by atoms with E-state index < -0.39 is 0 Å². The molecule has 2 heteroatoms. The van der Waals surface area contributed by atoms with Crippen LogP contribution in [0.3, 0.4) is 0 Å². The normalized spacial score (nSPS) is 20.4. The quantitative estimate of drug-likeness (QED) is 0.386. The van der Waals surface area contributed by atoms with Gasteiger partial charge in [0.15, 0.2) is 11.6 Å². The maximum Gasteiger partial charge on any atom is 0.165 e.